The number of ether oxygens (including phenoxy) is 1. The number of hydrogen-bond acceptors (Lipinski definition) is 4. The Morgan fingerprint density at radius 1 is 1.19 bits per heavy atom. The molecular formula is C14H13BFNO4. The first-order chi connectivity index (χ1) is 10.1. The number of carbonyl (C=O) groups is 1. The highest BCUT2D eigenvalue weighted by atomic mass is 19.1. The lowest BCUT2D eigenvalue weighted by Crippen LogP contribution is -2.32. The van der Waals surface area contributed by atoms with E-state index in [4.69, 9.17) is 14.8 Å². The van der Waals surface area contributed by atoms with E-state index in [-0.39, 0.29) is 17.8 Å². The molecule has 0 heterocycles. The van der Waals surface area contributed by atoms with Crippen molar-refractivity contribution in [1.29, 1.82) is 0 Å². The first kappa shape index (κ1) is 15.0. The van der Waals surface area contributed by atoms with Crippen LogP contribution in [-0.4, -0.2) is 23.3 Å². The monoisotopic (exact) mass is 289 g/mol. The van der Waals surface area contributed by atoms with Crippen LogP contribution in [0.5, 0.6) is 0 Å². The SMILES string of the molecule is O=C(Nc1ccc(B(O)O)c(F)c1)OCc1ccccc1. The molecule has 108 valence electrons. The molecular weight excluding hydrogens is 276 g/mol. The lowest BCUT2D eigenvalue weighted by atomic mass is 9.80. The molecule has 3 N–H and O–H groups in total. The first-order valence-corrected chi connectivity index (χ1v) is 6.19. The smallest absolute Gasteiger partial charge is 0.444 e. The van der Waals surface area contributed by atoms with Crippen molar-refractivity contribution in [3.63, 3.8) is 0 Å². The molecule has 0 aromatic heterocycles. The van der Waals surface area contributed by atoms with E-state index >= 15 is 0 Å². The summed E-state index contributed by atoms with van der Waals surface area (Å²) < 4.78 is 18.5. The molecule has 0 aliphatic heterocycles. The maximum absolute atomic E-state index is 13.5. The lowest BCUT2D eigenvalue weighted by molar-refractivity contribution is 0.155. The van der Waals surface area contributed by atoms with Gasteiger partial charge in [-0.25, -0.2) is 9.18 Å². The highest BCUT2D eigenvalue weighted by molar-refractivity contribution is 6.58. The van der Waals surface area contributed by atoms with Crippen LogP contribution in [0.15, 0.2) is 48.5 Å². The number of benzene rings is 2. The molecule has 0 bridgehead atoms. The number of nitrogens with one attached hydrogen (secondary N) is 1. The number of carbonyl (C=O) groups excluding carboxylic acids is 1. The Labute approximate surface area is 121 Å². The Balaban J connectivity index is 1.92. The van der Waals surface area contributed by atoms with E-state index in [1.807, 2.05) is 30.3 Å². The van der Waals surface area contributed by atoms with E-state index in [1.54, 1.807) is 0 Å². The maximum atomic E-state index is 13.5. The van der Waals surface area contributed by atoms with Crippen molar-refractivity contribution < 1.29 is 24.0 Å². The van der Waals surface area contributed by atoms with Crippen LogP contribution >= 0.6 is 0 Å². The van der Waals surface area contributed by atoms with Crippen LogP contribution in [0, 0.1) is 5.82 Å². The minimum Gasteiger partial charge on any atom is -0.444 e. The molecule has 7 heteroatoms. The number of rotatable bonds is 4. The van der Waals surface area contributed by atoms with Crippen molar-refractivity contribution in [2.45, 2.75) is 6.61 Å². The second-order valence-electron chi connectivity index (χ2n) is 4.30. The Bertz CT molecular complexity index is 622. The van der Waals surface area contributed by atoms with Gasteiger partial charge in [0.1, 0.15) is 12.4 Å². The van der Waals surface area contributed by atoms with Crippen LogP contribution in [0.25, 0.3) is 0 Å². The van der Waals surface area contributed by atoms with Crippen LogP contribution in [0.4, 0.5) is 14.9 Å². The van der Waals surface area contributed by atoms with Crippen molar-refractivity contribution in [3.05, 3.63) is 59.9 Å². The average molecular weight is 289 g/mol. The Hall–Kier alpha value is -2.38. The molecule has 5 nitrogen and oxygen atoms in total. The van der Waals surface area contributed by atoms with Gasteiger partial charge in [0.25, 0.3) is 0 Å². The standard InChI is InChI=1S/C14H13BFNO4/c16-13-8-11(6-7-12(13)15(19)20)17-14(18)21-9-10-4-2-1-3-5-10/h1-8,19-20H,9H2,(H,17,18). The van der Waals surface area contributed by atoms with Gasteiger partial charge in [-0.15, -0.1) is 0 Å². The molecule has 1 amide bonds. The summed E-state index contributed by atoms with van der Waals surface area (Å²) in [5, 5.41) is 20.1. The van der Waals surface area contributed by atoms with Gasteiger partial charge in [0.15, 0.2) is 0 Å². The van der Waals surface area contributed by atoms with Gasteiger partial charge < -0.3 is 14.8 Å². The summed E-state index contributed by atoms with van der Waals surface area (Å²) >= 11 is 0. The van der Waals surface area contributed by atoms with Crippen molar-refractivity contribution in [2.24, 2.45) is 0 Å². The molecule has 0 unspecified atom stereocenters. The van der Waals surface area contributed by atoms with Gasteiger partial charge in [0, 0.05) is 11.2 Å². The van der Waals surface area contributed by atoms with Gasteiger partial charge in [-0.1, -0.05) is 36.4 Å². The molecule has 0 saturated heterocycles. The second kappa shape index (κ2) is 6.87. The summed E-state index contributed by atoms with van der Waals surface area (Å²) in [6, 6.07) is 12.6. The summed E-state index contributed by atoms with van der Waals surface area (Å²) in [4.78, 5) is 11.6. The molecule has 21 heavy (non-hydrogen) atoms. The molecule has 0 fully saturated rings. The summed E-state index contributed by atoms with van der Waals surface area (Å²) in [7, 11) is -1.90. The molecule has 0 aliphatic rings. The third-order valence-corrected chi connectivity index (χ3v) is 2.74. The third kappa shape index (κ3) is 4.30. The number of amides is 1. The Morgan fingerprint density at radius 2 is 1.90 bits per heavy atom. The van der Waals surface area contributed by atoms with Gasteiger partial charge in [-0.2, -0.15) is 0 Å². The fourth-order valence-electron chi connectivity index (χ4n) is 1.69. The predicted octanol–water partition coefficient (Wildman–Crippen LogP) is 1.25. The van der Waals surface area contributed by atoms with Crippen molar-refractivity contribution in [2.75, 3.05) is 5.32 Å². The maximum Gasteiger partial charge on any atom is 0.491 e. The van der Waals surface area contributed by atoms with E-state index in [1.165, 1.54) is 12.1 Å². The van der Waals surface area contributed by atoms with Crippen LogP contribution in [-0.2, 0) is 11.3 Å². The van der Waals surface area contributed by atoms with Gasteiger partial charge in [0.2, 0.25) is 0 Å². The van der Waals surface area contributed by atoms with Gasteiger partial charge in [-0.3, -0.25) is 5.32 Å². The fraction of sp³-hybridized carbons (Fsp3) is 0.0714. The van der Waals surface area contributed by atoms with E-state index < -0.39 is 19.0 Å². The van der Waals surface area contributed by atoms with Crippen molar-refractivity contribution in [1.82, 2.24) is 0 Å². The quantitative estimate of drug-likeness (QED) is 0.740. The van der Waals surface area contributed by atoms with E-state index in [0.717, 1.165) is 11.6 Å². The predicted molar refractivity (Wildman–Crippen MR) is 76.5 cm³/mol. The van der Waals surface area contributed by atoms with Crippen molar-refractivity contribution >= 4 is 24.4 Å². The normalized spacial score (nSPS) is 10.0. The summed E-state index contributed by atoms with van der Waals surface area (Å²) in [6.07, 6.45) is -0.726. The number of halogens is 1. The highest BCUT2D eigenvalue weighted by Gasteiger charge is 2.17. The van der Waals surface area contributed by atoms with E-state index in [2.05, 4.69) is 5.32 Å². The molecule has 0 spiro atoms. The highest BCUT2D eigenvalue weighted by Crippen LogP contribution is 2.09. The zero-order chi connectivity index (χ0) is 15.2. The zero-order valence-corrected chi connectivity index (χ0v) is 11.0. The molecule has 2 aromatic rings. The average Bonchev–Trinajstić information content (AvgIpc) is 2.46. The van der Waals surface area contributed by atoms with Crippen LogP contribution in [0.1, 0.15) is 5.56 Å². The summed E-state index contributed by atoms with van der Waals surface area (Å²) in [5.41, 5.74) is 0.728. The third-order valence-electron chi connectivity index (χ3n) is 2.74. The van der Waals surface area contributed by atoms with Gasteiger partial charge >= 0.3 is 13.2 Å². The molecule has 2 aromatic carbocycles. The minimum absolute atomic E-state index is 0.0998. The largest absolute Gasteiger partial charge is 0.491 e. The van der Waals surface area contributed by atoms with Gasteiger partial charge in [-0.05, 0) is 17.7 Å². The molecule has 0 aliphatic carbocycles. The molecule has 0 saturated carbocycles. The van der Waals surface area contributed by atoms with Crippen LogP contribution < -0.4 is 10.8 Å². The second-order valence-corrected chi connectivity index (χ2v) is 4.30. The fourth-order valence-corrected chi connectivity index (χ4v) is 1.69. The van der Waals surface area contributed by atoms with Crippen LogP contribution in [0.3, 0.4) is 0 Å². The first-order valence-electron chi connectivity index (χ1n) is 6.19. The van der Waals surface area contributed by atoms with Gasteiger partial charge in [0.05, 0.1) is 0 Å². The number of hydrogen-bond donors (Lipinski definition) is 3. The van der Waals surface area contributed by atoms with E-state index in [9.17, 15) is 9.18 Å². The number of anilines is 1. The minimum atomic E-state index is -1.90. The summed E-state index contributed by atoms with van der Waals surface area (Å²) in [5.74, 6) is -0.828. The molecule has 0 atom stereocenters. The van der Waals surface area contributed by atoms with Crippen molar-refractivity contribution in [3.8, 4) is 0 Å². The zero-order valence-electron chi connectivity index (χ0n) is 11.0. The Kier molecular flexibility index (Phi) is 4.92. The molecule has 0 radical (unpaired) electrons. The van der Waals surface area contributed by atoms with E-state index in [0.29, 0.717) is 0 Å². The topological polar surface area (TPSA) is 78.8 Å². The Morgan fingerprint density at radius 3 is 2.52 bits per heavy atom. The molecule has 2 rings (SSSR count). The lowest BCUT2D eigenvalue weighted by Gasteiger charge is -2.08. The van der Waals surface area contributed by atoms with Crippen LogP contribution in [0.2, 0.25) is 0 Å². The summed E-state index contributed by atoms with van der Waals surface area (Å²) in [6.45, 7) is 0.0998.